The molecule has 0 bridgehead atoms. The summed E-state index contributed by atoms with van der Waals surface area (Å²) in [7, 11) is -1.02. The number of aromatic nitrogens is 1. The highest BCUT2D eigenvalue weighted by Crippen LogP contribution is 2.15. The summed E-state index contributed by atoms with van der Waals surface area (Å²) < 4.78 is 25.2. The molecule has 0 aliphatic heterocycles. The van der Waals surface area contributed by atoms with Crippen molar-refractivity contribution >= 4 is 22.5 Å². The van der Waals surface area contributed by atoms with E-state index in [1.807, 2.05) is 6.92 Å². The van der Waals surface area contributed by atoms with Crippen LogP contribution in [-0.2, 0) is 10.8 Å². The molecular formula is C13H20FN3O2S. The number of nitrogens with zero attached hydrogens (tertiary/aromatic N) is 1. The fourth-order valence-corrected chi connectivity index (χ4v) is 2.47. The highest BCUT2D eigenvalue weighted by atomic mass is 32.2. The lowest BCUT2D eigenvalue weighted by Crippen LogP contribution is -2.36. The third kappa shape index (κ3) is 4.88. The molecule has 2 atom stereocenters. The SMILES string of the molecule is CCCNc1nccc(C(=O)NC(C)CS(C)=O)c1F. The van der Waals surface area contributed by atoms with E-state index in [0.29, 0.717) is 12.3 Å². The molecule has 20 heavy (non-hydrogen) atoms. The van der Waals surface area contributed by atoms with Gasteiger partial charge in [0, 0.05) is 41.6 Å². The van der Waals surface area contributed by atoms with E-state index in [9.17, 15) is 13.4 Å². The lowest BCUT2D eigenvalue weighted by atomic mass is 10.2. The molecule has 0 aliphatic carbocycles. The van der Waals surface area contributed by atoms with Crippen molar-refractivity contribution in [1.29, 1.82) is 0 Å². The molecule has 2 unspecified atom stereocenters. The third-order valence-corrected chi connectivity index (χ3v) is 3.51. The molecule has 2 N–H and O–H groups in total. The first-order valence-corrected chi connectivity index (χ1v) is 8.17. The average Bonchev–Trinajstić information content (AvgIpc) is 2.36. The van der Waals surface area contributed by atoms with Gasteiger partial charge < -0.3 is 10.6 Å². The van der Waals surface area contributed by atoms with Gasteiger partial charge in [-0.3, -0.25) is 9.00 Å². The van der Waals surface area contributed by atoms with E-state index in [2.05, 4.69) is 15.6 Å². The molecule has 0 saturated carbocycles. The van der Waals surface area contributed by atoms with Gasteiger partial charge >= 0.3 is 0 Å². The molecule has 112 valence electrons. The van der Waals surface area contributed by atoms with Crippen LogP contribution in [0.5, 0.6) is 0 Å². The van der Waals surface area contributed by atoms with E-state index in [0.717, 1.165) is 6.42 Å². The quantitative estimate of drug-likeness (QED) is 0.801. The summed E-state index contributed by atoms with van der Waals surface area (Å²) in [6.07, 6.45) is 3.78. The number of pyridine rings is 1. The summed E-state index contributed by atoms with van der Waals surface area (Å²) >= 11 is 0. The fourth-order valence-electron chi connectivity index (χ4n) is 1.68. The summed E-state index contributed by atoms with van der Waals surface area (Å²) in [4.78, 5) is 15.8. The second kappa shape index (κ2) is 7.94. The van der Waals surface area contributed by atoms with Crippen LogP contribution in [-0.4, -0.2) is 39.7 Å². The molecule has 0 spiro atoms. The van der Waals surface area contributed by atoms with Gasteiger partial charge in [0.15, 0.2) is 11.6 Å². The summed E-state index contributed by atoms with van der Waals surface area (Å²) in [5, 5.41) is 5.45. The third-order valence-electron chi connectivity index (χ3n) is 2.54. The molecule has 0 fully saturated rings. The molecule has 1 amide bonds. The maximum atomic E-state index is 14.1. The number of hydrogen-bond donors (Lipinski definition) is 2. The van der Waals surface area contributed by atoms with Crippen molar-refractivity contribution in [3.8, 4) is 0 Å². The van der Waals surface area contributed by atoms with Crippen molar-refractivity contribution in [2.24, 2.45) is 0 Å². The van der Waals surface area contributed by atoms with Crippen LogP contribution in [0.15, 0.2) is 12.3 Å². The average molecular weight is 301 g/mol. The Labute approximate surface area is 120 Å². The summed E-state index contributed by atoms with van der Waals surface area (Å²) in [6.45, 7) is 4.27. The molecule has 0 radical (unpaired) electrons. The van der Waals surface area contributed by atoms with Crippen LogP contribution in [0.25, 0.3) is 0 Å². The number of anilines is 1. The van der Waals surface area contributed by atoms with Gasteiger partial charge in [0.05, 0.1) is 5.56 Å². The molecular weight excluding hydrogens is 281 g/mol. The Morgan fingerprint density at radius 3 is 2.85 bits per heavy atom. The lowest BCUT2D eigenvalue weighted by Gasteiger charge is -2.13. The highest BCUT2D eigenvalue weighted by molar-refractivity contribution is 7.84. The number of hydrogen-bond acceptors (Lipinski definition) is 4. The van der Waals surface area contributed by atoms with Crippen molar-refractivity contribution in [2.75, 3.05) is 23.9 Å². The molecule has 0 aromatic carbocycles. The Hall–Kier alpha value is -1.50. The number of amides is 1. The van der Waals surface area contributed by atoms with Gasteiger partial charge in [-0.2, -0.15) is 0 Å². The molecule has 1 aromatic rings. The van der Waals surface area contributed by atoms with Crippen LogP contribution in [0.2, 0.25) is 0 Å². The molecule has 7 heteroatoms. The number of nitrogens with one attached hydrogen (secondary N) is 2. The van der Waals surface area contributed by atoms with Crippen LogP contribution in [0, 0.1) is 5.82 Å². The van der Waals surface area contributed by atoms with Crippen molar-refractivity contribution < 1.29 is 13.4 Å². The summed E-state index contributed by atoms with van der Waals surface area (Å²) in [5.74, 6) is -0.781. The molecule has 1 heterocycles. The van der Waals surface area contributed by atoms with Crippen molar-refractivity contribution in [3.05, 3.63) is 23.6 Å². The maximum Gasteiger partial charge on any atom is 0.254 e. The van der Waals surface area contributed by atoms with Crippen LogP contribution in [0.3, 0.4) is 0 Å². The number of rotatable bonds is 7. The Morgan fingerprint density at radius 2 is 2.25 bits per heavy atom. The number of halogens is 1. The minimum absolute atomic E-state index is 0.0626. The van der Waals surface area contributed by atoms with Crippen LogP contribution in [0.4, 0.5) is 10.2 Å². The fraction of sp³-hybridized carbons (Fsp3) is 0.538. The van der Waals surface area contributed by atoms with Gasteiger partial charge in [-0.15, -0.1) is 0 Å². The van der Waals surface area contributed by atoms with Gasteiger partial charge in [0.1, 0.15) is 0 Å². The van der Waals surface area contributed by atoms with Gasteiger partial charge in [0.25, 0.3) is 5.91 Å². The van der Waals surface area contributed by atoms with Gasteiger partial charge in [-0.1, -0.05) is 6.92 Å². The zero-order valence-corrected chi connectivity index (χ0v) is 12.7. The minimum Gasteiger partial charge on any atom is -0.368 e. The van der Waals surface area contributed by atoms with Crippen molar-refractivity contribution in [3.63, 3.8) is 0 Å². The first-order valence-electron chi connectivity index (χ1n) is 6.45. The van der Waals surface area contributed by atoms with Gasteiger partial charge in [0.2, 0.25) is 0 Å². The minimum atomic E-state index is -1.02. The van der Waals surface area contributed by atoms with Crippen molar-refractivity contribution in [1.82, 2.24) is 10.3 Å². The maximum absolute atomic E-state index is 14.1. The standard InChI is InChI=1S/C13H20FN3O2S/c1-4-6-15-12-11(14)10(5-7-16-12)13(18)17-9(2)8-20(3)19/h5,7,9H,4,6,8H2,1-3H3,(H,15,16)(H,17,18). The topological polar surface area (TPSA) is 71.1 Å². The van der Waals surface area contributed by atoms with Crippen molar-refractivity contribution in [2.45, 2.75) is 26.3 Å². The molecule has 1 aromatic heterocycles. The Bertz CT molecular complexity index is 497. The lowest BCUT2D eigenvalue weighted by molar-refractivity contribution is 0.0939. The van der Waals surface area contributed by atoms with Crippen LogP contribution < -0.4 is 10.6 Å². The summed E-state index contributed by atoms with van der Waals surface area (Å²) in [5.41, 5.74) is -0.0626. The van der Waals surface area contributed by atoms with Crippen LogP contribution >= 0.6 is 0 Å². The van der Waals surface area contributed by atoms with E-state index >= 15 is 0 Å². The molecule has 1 rings (SSSR count). The first-order chi connectivity index (χ1) is 9.45. The smallest absolute Gasteiger partial charge is 0.254 e. The van der Waals surface area contributed by atoms with E-state index in [4.69, 9.17) is 0 Å². The molecule has 5 nitrogen and oxygen atoms in total. The largest absolute Gasteiger partial charge is 0.368 e. The van der Waals surface area contributed by atoms with Gasteiger partial charge in [-0.25, -0.2) is 9.37 Å². The first kappa shape index (κ1) is 16.6. The normalized spacial score (nSPS) is 13.6. The Morgan fingerprint density at radius 1 is 1.55 bits per heavy atom. The van der Waals surface area contributed by atoms with E-state index < -0.39 is 22.5 Å². The summed E-state index contributed by atoms with van der Waals surface area (Å²) in [6, 6.07) is 1.05. The highest BCUT2D eigenvalue weighted by Gasteiger charge is 2.17. The van der Waals surface area contributed by atoms with E-state index in [1.165, 1.54) is 12.3 Å². The number of carbonyl (C=O) groups excluding carboxylic acids is 1. The van der Waals surface area contributed by atoms with E-state index in [1.54, 1.807) is 13.2 Å². The second-order valence-corrected chi connectivity index (χ2v) is 6.04. The molecule has 0 saturated heterocycles. The zero-order chi connectivity index (χ0) is 15.1. The van der Waals surface area contributed by atoms with E-state index in [-0.39, 0.29) is 17.4 Å². The monoisotopic (exact) mass is 301 g/mol. The molecule has 0 aliphatic rings. The second-order valence-electron chi connectivity index (χ2n) is 4.56. The number of carbonyl (C=O) groups is 1. The van der Waals surface area contributed by atoms with Crippen LogP contribution in [0.1, 0.15) is 30.6 Å². The zero-order valence-electron chi connectivity index (χ0n) is 11.9. The predicted molar refractivity (Wildman–Crippen MR) is 78.8 cm³/mol. The Balaban J connectivity index is 2.80. The van der Waals surface area contributed by atoms with Gasteiger partial charge in [-0.05, 0) is 19.4 Å². The Kier molecular flexibility index (Phi) is 6.57. The predicted octanol–water partition coefficient (Wildman–Crippen LogP) is 1.54.